The van der Waals surface area contributed by atoms with Crippen molar-refractivity contribution < 1.29 is 52.4 Å². The van der Waals surface area contributed by atoms with Gasteiger partial charge in [-0.05, 0) is 0 Å². The number of amides is 4. The number of aliphatic hydroxyl groups excluding tert-OH is 1. The van der Waals surface area contributed by atoms with Crippen molar-refractivity contribution in [3.05, 3.63) is 0 Å². The molecule has 0 aliphatic carbocycles. The molecule has 17 nitrogen and oxygen atoms in total. The number of hydrogen-bond donors (Lipinski definition) is 5. The van der Waals surface area contributed by atoms with E-state index in [1.807, 2.05) is 6.07 Å². The Morgan fingerprint density at radius 3 is 1.85 bits per heavy atom. The molecule has 0 saturated heterocycles. The van der Waals surface area contributed by atoms with E-state index >= 15 is 0 Å². The van der Waals surface area contributed by atoms with Gasteiger partial charge in [0.15, 0.2) is 8.38 Å². The minimum absolute atomic E-state index is 0.00903. The molecule has 18 heteroatoms. The lowest BCUT2D eigenvalue weighted by Gasteiger charge is -2.23. The first kappa shape index (κ1) is 33.6. The number of nitrogens with zero attached hydrogens (tertiary/aromatic N) is 2. The number of esters is 2. The molecular weight excluding hydrogens is 543 g/mol. The number of nitrogens with one attached hydrogen (secondary N) is 4. The van der Waals surface area contributed by atoms with E-state index in [2.05, 4.69) is 35.8 Å². The van der Waals surface area contributed by atoms with Gasteiger partial charge in [0.25, 0.3) is 0 Å². The summed E-state index contributed by atoms with van der Waals surface area (Å²) in [4.78, 5) is 71.6. The van der Waals surface area contributed by atoms with Crippen LogP contribution in [0.15, 0.2) is 0 Å². The largest absolute Gasteiger partial charge is 0.462 e. The molecule has 0 rings (SSSR count). The molecule has 2 atom stereocenters. The van der Waals surface area contributed by atoms with Crippen molar-refractivity contribution in [3.63, 3.8) is 0 Å². The molecule has 0 aromatic rings. The maximum atomic E-state index is 12.2. The van der Waals surface area contributed by atoms with Crippen molar-refractivity contribution in [1.29, 1.82) is 6.69 Å². The van der Waals surface area contributed by atoms with Crippen molar-refractivity contribution in [2.45, 2.75) is 12.5 Å². The van der Waals surface area contributed by atoms with Crippen LogP contribution in [0.4, 0.5) is 0 Å². The summed E-state index contributed by atoms with van der Waals surface area (Å²) in [7, 11) is 0.705. The molecule has 0 aliphatic heterocycles. The van der Waals surface area contributed by atoms with Crippen LogP contribution in [0.3, 0.4) is 0 Å². The van der Waals surface area contributed by atoms with E-state index in [1.165, 1.54) is 0 Å². The molecule has 0 aromatic heterocycles. The van der Waals surface area contributed by atoms with E-state index in [0.717, 1.165) is 14.2 Å². The fourth-order valence-corrected chi connectivity index (χ4v) is 3.57. The highest BCUT2D eigenvalue weighted by molar-refractivity contribution is 7.46. The van der Waals surface area contributed by atoms with Gasteiger partial charge in [-0.2, -0.15) is 5.26 Å². The third-order valence-corrected chi connectivity index (χ3v) is 5.69. The molecule has 2 unspecified atom stereocenters. The molecule has 0 bridgehead atoms. The molecule has 0 spiro atoms. The molecule has 0 aromatic carbocycles. The summed E-state index contributed by atoms with van der Waals surface area (Å²) in [6, 6.07) is 1.92. The number of aliphatic hydroxyl groups is 1. The Kier molecular flexibility index (Phi) is 18.5. The summed E-state index contributed by atoms with van der Waals surface area (Å²) < 4.78 is 26.4. The Hall–Kier alpha value is -3.42. The molecule has 220 valence electrons. The highest BCUT2D eigenvalue weighted by Gasteiger charge is 2.19. The number of methoxy groups -OCH3 is 2. The van der Waals surface area contributed by atoms with Gasteiger partial charge < -0.3 is 44.9 Å². The molecule has 0 heterocycles. The topological polar surface area (TPSA) is 235 Å². The van der Waals surface area contributed by atoms with E-state index in [9.17, 15) is 28.8 Å². The van der Waals surface area contributed by atoms with Gasteiger partial charge in [-0.3, -0.25) is 24.1 Å². The Morgan fingerprint density at radius 2 is 1.38 bits per heavy atom. The Morgan fingerprint density at radius 1 is 0.897 bits per heavy atom. The number of nitriles is 1. The van der Waals surface area contributed by atoms with E-state index in [0.29, 0.717) is 0 Å². The first-order valence-electron chi connectivity index (χ1n) is 12.0. The summed E-state index contributed by atoms with van der Waals surface area (Å²) in [5, 5.41) is 22.3. The van der Waals surface area contributed by atoms with Crippen molar-refractivity contribution >= 4 is 43.9 Å². The summed E-state index contributed by atoms with van der Waals surface area (Å²) >= 11 is 0. The van der Waals surface area contributed by atoms with E-state index in [1.54, 1.807) is 11.6 Å². The Labute approximate surface area is 228 Å². The number of rotatable bonds is 18. The molecule has 5 N–H and O–H groups in total. The third kappa shape index (κ3) is 16.9. The van der Waals surface area contributed by atoms with Crippen molar-refractivity contribution in [2.24, 2.45) is 0 Å². The SMILES string of the molecule is [3H]OCC(CNC(=O)C(=O)NCCN(CCNC(=O)C(=O)OC)CCNC(=O)C(=O)OC)OP(C)OCCC#N. The van der Waals surface area contributed by atoms with Crippen molar-refractivity contribution in [1.82, 2.24) is 26.2 Å². The molecule has 0 aliphatic rings. The van der Waals surface area contributed by atoms with Crippen LogP contribution in [0.5, 0.6) is 0 Å². The predicted octanol–water partition coefficient (Wildman–Crippen LogP) is -3.65. The van der Waals surface area contributed by atoms with Crippen LogP contribution in [0.1, 0.15) is 6.42 Å². The van der Waals surface area contributed by atoms with Crippen LogP contribution in [0.25, 0.3) is 0 Å². The quantitative estimate of drug-likeness (QED) is 0.0456. The predicted molar refractivity (Wildman–Crippen MR) is 133 cm³/mol. The summed E-state index contributed by atoms with van der Waals surface area (Å²) in [5.74, 6) is -5.96. The van der Waals surface area contributed by atoms with Gasteiger partial charge in [0, 0.05) is 52.5 Å². The second-order valence-electron chi connectivity index (χ2n) is 7.38. The van der Waals surface area contributed by atoms with Gasteiger partial charge in [-0.25, -0.2) is 9.59 Å². The summed E-state index contributed by atoms with van der Waals surface area (Å²) in [5.41, 5.74) is 0. The minimum Gasteiger partial charge on any atom is -0.462 e. The van der Waals surface area contributed by atoms with E-state index in [4.69, 9.17) is 15.7 Å². The van der Waals surface area contributed by atoms with Gasteiger partial charge in [-0.15, -0.1) is 0 Å². The van der Waals surface area contributed by atoms with Crippen LogP contribution in [-0.4, -0.2) is 133 Å². The number of carbonyl (C=O) groups is 6. The Balaban J connectivity index is 4.73. The lowest BCUT2D eigenvalue weighted by molar-refractivity contribution is -0.152. The second kappa shape index (κ2) is 21.5. The van der Waals surface area contributed by atoms with Gasteiger partial charge >= 0.3 is 35.6 Å². The van der Waals surface area contributed by atoms with Gasteiger partial charge in [0.1, 0.15) is 6.10 Å². The standard InChI is InChI=1S/C21H35N6O11P/c1-35-20(33)18(31)24-7-10-27(11-8-25-19(32)21(34)36-2)9-6-23-16(29)17(30)26-13-15(14-28)38-39(3)37-12-4-5-22/h15,28H,4,6-14H2,1-3H3,(H,23,29)(H,24,31)(H,25,32)(H,26,30)/i28T. The number of carbonyl (C=O) groups excluding carboxylic acids is 6. The van der Waals surface area contributed by atoms with Gasteiger partial charge in [0.05, 0.1) is 39.9 Å². The summed E-state index contributed by atoms with van der Waals surface area (Å²) in [6.07, 6.45) is -0.600. The normalized spacial score (nSPS) is 12.2. The Bertz CT molecular complexity index is 858. The minimum atomic E-state index is -1.41. The molecular formula is C21H35N6O11P. The molecule has 0 fully saturated rings. The van der Waals surface area contributed by atoms with Crippen LogP contribution < -0.4 is 21.3 Å². The molecule has 39 heavy (non-hydrogen) atoms. The maximum absolute atomic E-state index is 12.2. The monoisotopic (exact) mass is 580 g/mol. The fourth-order valence-electron chi connectivity index (χ4n) is 2.60. The average molecular weight is 581 g/mol. The maximum Gasteiger partial charge on any atom is 0.396 e. The zero-order chi connectivity index (χ0) is 30.3. The van der Waals surface area contributed by atoms with Crippen LogP contribution in [0, 0.1) is 11.3 Å². The van der Waals surface area contributed by atoms with Crippen LogP contribution >= 0.6 is 8.38 Å². The lowest BCUT2D eigenvalue weighted by atomic mass is 10.3. The fraction of sp³-hybridized carbons (Fsp3) is 0.667. The van der Waals surface area contributed by atoms with Crippen LogP contribution in [0.2, 0.25) is 0 Å². The van der Waals surface area contributed by atoms with Crippen molar-refractivity contribution in [2.75, 3.05) is 79.9 Å². The van der Waals surface area contributed by atoms with Gasteiger partial charge in [0.2, 0.25) is 1.43 Å². The molecule has 4 amide bonds. The molecule has 0 saturated carbocycles. The average Bonchev–Trinajstić information content (AvgIpc) is 2.94. The van der Waals surface area contributed by atoms with Gasteiger partial charge in [-0.1, -0.05) is 0 Å². The number of hydrogen-bond acceptors (Lipinski definition) is 13. The second-order valence-corrected chi connectivity index (χ2v) is 8.73. The van der Waals surface area contributed by atoms with Crippen LogP contribution in [-0.2, 0) is 47.3 Å². The zero-order valence-electron chi connectivity index (χ0n) is 23.0. The van der Waals surface area contributed by atoms with E-state index < -0.39 is 50.0 Å². The van der Waals surface area contributed by atoms with Crippen molar-refractivity contribution in [3.8, 4) is 6.07 Å². The smallest absolute Gasteiger partial charge is 0.396 e. The number of ether oxygens (including phenoxy) is 2. The zero-order valence-corrected chi connectivity index (χ0v) is 22.9. The summed E-state index contributed by atoms with van der Waals surface area (Å²) in [6.45, 7) is 2.00. The first-order chi connectivity index (χ1) is 19.1. The first-order valence-corrected chi connectivity index (χ1v) is 13.2. The highest BCUT2D eigenvalue weighted by Crippen LogP contribution is 2.34. The molecule has 0 radical (unpaired) electrons. The third-order valence-electron chi connectivity index (χ3n) is 4.55. The lowest BCUT2D eigenvalue weighted by Crippen LogP contribution is -2.47. The highest BCUT2D eigenvalue weighted by atomic mass is 31.2. The van der Waals surface area contributed by atoms with E-state index in [-0.39, 0.29) is 65.4 Å².